The van der Waals surface area contributed by atoms with Crippen LogP contribution in [0.2, 0.25) is 0 Å². The Hall–Kier alpha value is -1.67. The fraction of sp³-hybridized carbons (Fsp3) is 0.462. The van der Waals surface area contributed by atoms with E-state index in [0.29, 0.717) is 19.0 Å². The van der Waals surface area contributed by atoms with Crippen molar-refractivity contribution in [3.05, 3.63) is 29.3 Å². The van der Waals surface area contributed by atoms with Crippen molar-refractivity contribution in [3.8, 4) is 6.07 Å². The molecule has 1 heterocycles. The van der Waals surface area contributed by atoms with E-state index in [2.05, 4.69) is 5.32 Å². The summed E-state index contributed by atoms with van der Waals surface area (Å²) in [5, 5.41) is 11.7. The summed E-state index contributed by atoms with van der Waals surface area (Å²) < 4.78 is 27.6. The molecule has 5 heteroatoms. The molecule has 0 aliphatic carbocycles. The van der Waals surface area contributed by atoms with E-state index in [-0.39, 0.29) is 11.3 Å². The Bertz CT molecular complexity index is 459. The van der Waals surface area contributed by atoms with E-state index >= 15 is 0 Å². The highest BCUT2D eigenvalue weighted by Crippen LogP contribution is 2.29. The van der Waals surface area contributed by atoms with Gasteiger partial charge in [-0.05, 0) is 38.1 Å². The van der Waals surface area contributed by atoms with Crippen LogP contribution >= 0.6 is 0 Å². The second-order valence-corrected chi connectivity index (χ2v) is 4.56. The van der Waals surface area contributed by atoms with Crippen LogP contribution < -0.4 is 10.2 Å². The quantitative estimate of drug-likeness (QED) is 0.891. The molecule has 1 aromatic carbocycles. The standard InChI is InChI=1S/C13H15F2N3/c1-17-7-9-2-3-18(8-9)13-11(14)4-10(6-16)5-12(13)15/h4-5,9,17H,2-3,7-8H2,1H3. The second-order valence-electron chi connectivity index (χ2n) is 4.56. The van der Waals surface area contributed by atoms with Gasteiger partial charge in [0.05, 0.1) is 11.6 Å². The van der Waals surface area contributed by atoms with Crippen molar-refractivity contribution in [2.45, 2.75) is 6.42 Å². The first-order valence-electron chi connectivity index (χ1n) is 5.94. The third kappa shape index (κ3) is 2.44. The van der Waals surface area contributed by atoms with Crippen LogP contribution in [0.15, 0.2) is 12.1 Å². The zero-order valence-electron chi connectivity index (χ0n) is 10.2. The van der Waals surface area contributed by atoms with Crippen LogP contribution in [-0.4, -0.2) is 26.7 Å². The summed E-state index contributed by atoms with van der Waals surface area (Å²) in [4.78, 5) is 1.72. The summed E-state index contributed by atoms with van der Waals surface area (Å²) in [6.45, 7) is 2.13. The molecule has 96 valence electrons. The first-order chi connectivity index (χ1) is 8.65. The van der Waals surface area contributed by atoms with Crippen molar-refractivity contribution in [3.63, 3.8) is 0 Å². The van der Waals surface area contributed by atoms with Gasteiger partial charge < -0.3 is 10.2 Å². The lowest BCUT2D eigenvalue weighted by atomic mass is 10.1. The largest absolute Gasteiger partial charge is 0.366 e. The first kappa shape index (κ1) is 12.8. The molecule has 1 fully saturated rings. The van der Waals surface area contributed by atoms with Crippen LogP contribution in [0.5, 0.6) is 0 Å². The Morgan fingerprint density at radius 2 is 2.11 bits per heavy atom. The van der Waals surface area contributed by atoms with Crippen molar-refractivity contribution in [1.82, 2.24) is 5.32 Å². The van der Waals surface area contributed by atoms with Crippen molar-refractivity contribution < 1.29 is 8.78 Å². The summed E-state index contributed by atoms with van der Waals surface area (Å²) in [5.41, 5.74) is 0.00678. The Balaban J connectivity index is 2.22. The molecule has 0 saturated carbocycles. The number of hydrogen-bond donors (Lipinski definition) is 1. The molecule has 1 N–H and O–H groups in total. The number of benzene rings is 1. The first-order valence-corrected chi connectivity index (χ1v) is 5.94. The number of hydrogen-bond acceptors (Lipinski definition) is 3. The lowest BCUT2D eigenvalue weighted by Crippen LogP contribution is -2.25. The van der Waals surface area contributed by atoms with E-state index in [9.17, 15) is 8.78 Å². The van der Waals surface area contributed by atoms with Gasteiger partial charge in [-0.25, -0.2) is 8.78 Å². The molecule has 1 saturated heterocycles. The highest BCUT2D eigenvalue weighted by atomic mass is 19.1. The minimum absolute atomic E-state index is 0.00685. The number of anilines is 1. The number of halogens is 2. The van der Waals surface area contributed by atoms with Gasteiger partial charge in [-0.1, -0.05) is 0 Å². The van der Waals surface area contributed by atoms with Gasteiger partial charge in [-0.3, -0.25) is 0 Å². The molecule has 0 amide bonds. The van der Waals surface area contributed by atoms with E-state index in [1.54, 1.807) is 11.0 Å². The highest BCUT2D eigenvalue weighted by Gasteiger charge is 2.26. The van der Waals surface area contributed by atoms with Crippen LogP contribution in [0.4, 0.5) is 14.5 Å². The number of nitrogens with zero attached hydrogens (tertiary/aromatic N) is 2. The maximum absolute atomic E-state index is 13.8. The van der Waals surface area contributed by atoms with E-state index < -0.39 is 11.6 Å². The van der Waals surface area contributed by atoms with Crippen LogP contribution in [0, 0.1) is 28.9 Å². The van der Waals surface area contributed by atoms with Crippen LogP contribution in [0.3, 0.4) is 0 Å². The van der Waals surface area contributed by atoms with E-state index in [0.717, 1.165) is 25.1 Å². The molecule has 2 rings (SSSR count). The Morgan fingerprint density at radius 3 is 2.67 bits per heavy atom. The Morgan fingerprint density at radius 1 is 1.44 bits per heavy atom. The average molecular weight is 251 g/mol. The lowest BCUT2D eigenvalue weighted by molar-refractivity contribution is 0.543. The number of nitrogens with one attached hydrogen (secondary N) is 1. The summed E-state index contributed by atoms with van der Waals surface area (Å²) >= 11 is 0. The number of nitriles is 1. The van der Waals surface area contributed by atoms with E-state index in [1.165, 1.54) is 0 Å². The van der Waals surface area contributed by atoms with Gasteiger partial charge in [0.1, 0.15) is 5.69 Å². The molecule has 1 atom stereocenters. The van der Waals surface area contributed by atoms with Gasteiger partial charge in [-0.15, -0.1) is 0 Å². The lowest BCUT2D eigenvalue weighted by Gasteiger charge is -2.20. The zero-order chi connectivity index (χ0) is 13.1. The topological polar surface area (TPSA) is 39.1 Å². The van der Waals surface area contributed by atoms with Gasteiger partial charge in [0.15, 0.2) is 11.6 Å². The molecular weight excluding hydrogens is 236 g/mol. The molecule has 1 unspecified atom stereocenters. The third-order valence-electron chi connectivity index (χ3n) is 3.24. The van der Waals surface area contributed by atoms with Crippen molar-refractivity contribution in [2.75, 3.05) is 31.6 Å². The minimum atomic E-state index is -0.656. The van der Waals surface area contributed by atoms with Gasteiger partial charge in [0, 0.05) is 13.1 Å². The highest BCUT2D eigenvalue weighted by molar-refractivity contribution is 5.53. The predicted octanol–water partition coefficient (Wildman–Crippen LogP) is 1.88. The Labute approximate surface area is 105 Å². The maximum Gasteiger partial charge on any atom is 0.150 e. The van der Waals surface area contributed by atoms with Crippen molar-refractivity contribution in [2.24, 2.45) is 5.92 Å². The number of rotatable bonds is 3. The molecule has 0 spiro atoms. The second kappa shape index (κ2) is 5.32. The summed E-state index contributed by atoms with van der Waals surface area (Å²) in [5.74, 6) is -0.905. The van der Waals surface area contributed by atoms with E-state index in [4.69, 9.17) is 5.26 Å². The third-order valence-corrected chi connectivity index (χ3v) is 3.24. The summed E-state index contributed by atoms with van der Waals surface area (Å²) in [6.07, 6.45) is 0.916. The van der Waals surface area contributed by atoms with Crippen molar-refractivity contribution in [1.29, 1.82) is 5.26 Å². The predicted molar refractivity (Wildman–Crippen MR) is 65.3 cm³/mol. The normalized spacial score (nSPS) is 19.0. The molecule has 3 nitrogen and oxygen atoms in total. The smallest absolute Gasteiger partial charge is 0.150 e. The SMILES string of the molecule is CNCC1CCN(c2c(F)cc(C#N)cc2F)C1. The van der Waals surface area contributed by atoms with Gasteiger partial charge in [-0.2, -0.15) is 5.26 Å². The van der Waals surface area contributed by atoms with E-state index in [1.807, 2.05) is 7.05 Å². The van der Waals surface area contributed by atoms with Gasteiger partial charge in [0.2, 0.25) is 0 Å². The maximum atomic E-state index is 13.8. The average Bonchev–Trinajstić information content (AvgIpc) is 2.77. The van der Waals surface area contributed by atoms with Crippen molar-refractivity contribution >= 4 is 5.69 Å². The minimum Gasteiger partial charge on any atom is -0.366 e. The van der Waals surface area contributed by atoms with Gasteiger partial charge in [0.25, 0.3) is 0 Å². The van der Waals surface area contributed by atoms with Gasteiger partial charge >= 0.3 is 0 Å². The Kier molecular flexibility index (Phi) is 3.78. The fourth-order valence-corrected chi connectivity index (χ4v) is 2.42. The molecule has 0 bridgehead atoms. The summed E-state index contributed by atoms with van der Waals surface area (Å²) in [6, 6.07) is 3.92. The molecule has 1 aliphatic rings. The molecule has 1 aliphatic heterocycles. The molecule has 0 radical (unpaired) electrons. The molecule has 18 heavy (non-hydrogen) atoms. The summed E-state index contributed by atoms with van der Waals surface area (Å²) in [7, 11) is 1.87. The fourth-order valence-electron chi connectivity index (χ4n) is 2.42. The van der Waals surface area contributed by atoms with Crippen LogP contribution in [0.25, 0.3) is 0 Å². The zero-order valence-corrected chi connectivity index (χ0v) is 10.2. The molecular formula is C13H15F2N3. The molecule has 1 aromatic rings. The monoisotopic (exact) mass is 251 g/mol. The molecule has 0 aromatic heterocycles. The van der Waals surface area contributed by atoms with Crippen LogP contribution in [0.1, 0.15) is 12.0 Å². The van der Waals surface area contributed by atoms with Crippen LogP contribution in [-0.2, 0) is 0 Å².